The van der Waals surface area contributed by atoms with Crippen molar-refractivity contribution in [2.75, 3.05) is 13.1 Å². The molecule has 0 bridgehead atoms. The molecule has 6 heteroatoms. The van der Waals surface area contributed by atoms with Gasteiger partial charge in [0.15, 0.2) is 0 Å². The fourth-order valence-electron chi connectivity index (χ4n) is 3.15. The first-order valence-electron chi connectivity index (χ1n) is 7.96. The number of likely N-dealkylation sites (tertiary alicyclic amines) is 1. The van der Waals surface area contributed by atoms with Crippen molar-refractivity contribution in [2.45, 2.75) is 27.2 Å². The van der Waals surface area contributed by atoms with Crippen molar-refractivity contribution in [3.05, 3.63) is 41.1 Å². The van der Waals surface area contributed by atoms with Gasteiger partial charge in [0.2, 0.25) is 0 Å². The average Bonchev–Trinajstić information content (AvgIpc) is 3.14. The lowest BCUT2D eigenvalue weighted by Crippen LogP contribution is -2.35. The van der Waals surface area contributed by atoms with Gasteiger partial charge in [0.1, 0.15) is 5.69 Å². The molecule has 6 nitrogen and oxygen atoms in total. The number of nitrogens with zero attached hydrogens (tertiary/aromatic N) is 2. The highest BCUT2D eigenvalue weighted by molar-refractivity contribution is 5.94. The summed E-state index contributed by atoms with van der Waals surface area (Å²) in [6, 6.07) is 7.81. The smallest absolute Gasteiger partial charge is 0.311 e. The van der Waals surface area contributed by atoms with Gasteiger partial charge in [-0.05, 0) is 38.8 Å². The number of carboxylic acid groups (broad SMARTS) is 1. The summed E-state index contributed by atoms with van der Waals surface area (Å²) in [7, 11) is 0. The molecule has 1 aromatic heterocycles. The Morgan fingerprint density at radius 3 is 2.67 bits per heavy atom. The number of rotatable bonds is 3. The molecule has 0 radical (unpaired) electrons. The Bertz CT molecular complexity index is 812. The first-order chi connectivity index (χ1) is 11.3. The third-order valence-corrected chi connectivity index (χ3v) is 4.74. The van der Waals surface area contributed by atoms with Crippen LogP contribution in [0.25, 0.3) is 11.3 Å². The van der Waals surface area contributed by atoms with E-state index in [1.165, 1.54) is 5.56 Å². The van der Waals surface area contributed by atoms with Crippen LogP contribution in [0.15, 0.2) is 24.3 Å². The van der Waals surface area contributed by atoms with Crippen molar-refractivity contribution in [2.24, 2.45) is 5.41 Å². The van der Waals surface area contributed by atoms with Crippen LogP contribution in [-0.2, 0) is 4.79 Å². The fourth-order valence-corrected chi connectivity index (χ4v) is 3.15. The zero-order valence-electron chi connectivity index (χ0n) is 14.1. The molecule has 1 aromatic carbocycles. The molecule has 126 valence electrons. The number of carbonyl (C=O) groups is 2. The van der Waals surface area contributed by atoms with E-state index < -0.39 is 11.4 Å². The van der Waals surface area contributed by atoms with Crippen LogP contribution in [0.1, 0.15) is 35.0 Å². The van der Waals surface area contributed by atoms with Gasteiger partial charge in [0.05, 0.1) is 11.1 Å². The minimum absolute atomic E-state index is 0.205. The van der Waals surface area contributed by atoms with Gasteiger partial charge in [0, 0.05) is 18.7 Å². The molecular formula is C18H21N3O3. The van der Waals surface area contributed by atoms with Crippen LogP contribution in [0.4, 0.5) is 0 Å². The zero-order valence-corrected chi connectivity index (χ0v) is 14.1. The van der Waals surface area contributed by atoms with Crippen molar-refractivity contribution in [3.8, 4) is 11.3 Å². The molecule has 1 unspecified atom stereocenters. The van der Waals surface area contributed by atoms with Crippen LogP contribution in [0, 0.1) is 19.3 Å². The summed E-state index contributed by atoms with van der Waals surface area (Å²) >= 11 is 0. The standard InChI is InChI=1S/C18H21N3O3/c1-11-4-5-13(12(2)8-11)14-9-15(20-19-14)16(22)21-7-6-18(3,10-21)17(23)24/h4-5,8-9H,6-7,10H2,1-3H3,(H,19,20)(H,23,24). The van der Waals surface area contributed by atoms with Gasteiger partial charge in [-0.15, -0.1) is 0 Å². The molecule has 0 spiro atoms. The molecule has 2 N–H and O–H groups in total. The SMILES string of the molecule is Cc1ccc(-c2cc(C(=O)N3CCC(C)(C(=O)O)C3)[nH]n2)c(C)c1. The molecule has 24 heavy (non-hydrogen) atoms. The molecule has 1 aliphatic heterocycles. The van der Waals surface area contributed by atoms with Crippen LogP contribution in [-0.4, -0.2) is 45.2 Å². The summed E-state index contributed by atoms with van der Waals surface area (Å²) in [6.07, 6.45) is 0.464. The Kier molecular flexibility index (Phi) is 3.91. The second kappa shape index (κ2) is 5.78. The summed E-state index contributed by atoms with van der Waals surface area (Å²) in [5.74, 6) is -1.07. The van der Waals surface area contributed by atoms with Crippen molar-refractivity contribution < 1.29 is 14.7 Å². The lowest BCUT2D eigenvalue weighted by molar-refractivity contribution is -0.147. The summed E-state index contributed by atoms with van der Waals surface area (Å²) in [4.78, 5) is 25.5. The lowest BCUT2D eigenvalue weighted by Gasteiger charge is -2.19. The van der Waals surface area contributed by atoms with E-state index in [0.29, 0.717) is 18.7 Å². The first kappa shape index (κ1) is 16.2. The number of H-pyrrole nitrogens is 1. The number of hydrogen-bond acceptors (Lipinski definition) is 3. The van der Waals surface area contributed by atoms with Gasteiger partial charge < -0.3 is 10.0 Å². The van der Waals surface area contributed by atoms with E-state index in [-0.39, 0.29) is 12.5 Å². The summed E-state index contributed by atoms with van der Waals surface area (Å²) in [5, 5.41) is 16.3. The predicted octanol–water partition coefficient (Wildman–Crippen LogP) is 2.63. The van der Waals surface area contributed by atoms with Crippen LogP contribution in [0.2, 0.25) is 0 Å². The number of carboxylic acids is 1. The molecule has 1 fully saturated rings. The van der Waals surface area contributed by atoms with Crippen LogP contribution >= 0.6 is 0 Å². The maximum Gasteiger partial charge on any atom is 0.311 e. The number of aromatic amines is 1. The van der Waals surface area contributed by atoms with E-state index in [2.05, 4.69) is 16.3 Å². The molecule has 1 saturated heterocycles. The number of nitrogens with one attached hydrogen (secondary N) is 1. The Hall–Kier alpha value is -2.63. The van der Waals surface area contributed by atoms with Crippen molar-refractivity contribution >= 4 is 11.9 Å². The van der Waals surface area contributed by atoms with Gasteiger partial charge in [-0.2, -0.15) is 5.10 Å². The van der Waals surface area contributed by atoms with E-state index >= 15 is 0 Å². The molecule has 0 saturated carbocycles. The van der Waals surface area contributed by atoms with E-state index in [4.69, 9.17) is 0 Å². The molecule has 0 aliphatic carbocycles. The second-order valence-corrected chi connectivity index (χ2v) is 6.83. The Morgan fingerprint density at radius 2 is 2.04 bits per heavy atom. The van der Waals surface area contributed by atoms with Gasteiger partial charge in [-0.3, -0.25) is 14.7 Å². The molecule has 1 atom stereocenters. The highest BCUT2D eigenvalue weighted by Gasteiger charge is 2.42. The normalized spacial score (nSPS) is 20.4. The number of aryl methyl sites for hydroxylation is 2. The Labute approximate surface area is 140 Å². The molecule has 2 aromatic rings. The number of aromatic nitrogens is 2. The Morgan fingerprint density at radius 1 is 1.29 bits per heavy atom. The highest BCUT2D eigenvalue weighted by Crippen LogP contribution is 2.31. The minimum Gasteiger partial charge on any atom is -0.481 e. The van der Waals surface area contributed by atoms with Gasteiger partial charge in [-0.25, -0.2) is 0 Å². The number of amides is 1. The third kappa shape index (κ3) is 2.79. The van der Waals surface area contributed by atoms with E-state index in [1.807, 2.05) is 26.0 Å². The number of hydrogen-bond donors (Lipinski definition) is 2. The van der Waals surface area contributed by atoms with Crippen molar-refractivity contribution in [3.63, 3.8) is 0 Å². The summed E-state index contributed by atoms with van der Waals surface area (Å²) < 4.78 is 0. The Balaban J connectivity index is 1.81. The topological polar surface area (TPSA) is 86.3 Å². The van der Waals surface area contributed by atoms with E-state index in [1.54, 1.807) is 17.9 Å². The van der Waals surface area contributed by atoms with Crippen molar-refractivity contribution in [1.29, 1.82) is 0 Å². The zero-order chi connectivity index (χ0) is 17.5. The second-order valence-electron chi connectivity index (χ2n) is 6.83. The summed E-state index contributed by atoms with van der Waals surface area (Å²) in [6.45, 7) is 6.38. The monoisotopic (exact) mass is 327 g/mol. The quantitative estimate of drug-likeness (QED) is 0.907. The van der Waals surface area contributed by atoms with Crippen molar-refractivity contribution in [1.82, 2.24) is 15.1 Å². The van der Waals surface area contributed by atoms with E-state index in [9.17, 15) is 14.7 Å². The fraction of sp³-hybridized carbons (Fsp3) is 0.389. The lowest BCUT2D eigenvalue weighted by atomic mass is 9.90. The average molecular weight is 327 g/mol. The maximum absolute atomic E-state index is 12.6. The van der Waals surface area contributed by atoms with Gasteiger partial charge >= 0.3 is 5.97 Å². The first-order valence-corrected chi connectivity index (χ1v) is 7.96. The molecular weight excluding hydrogens is 306 g/mol. The molecule has 3 rings (SSSR count). The van der Waals surface area contributed by atoms with Crippen LogP contribution in [0.3, 0.4) is 0 Å². The predicted molar refractivity (Wildman–Crippen MR) is 89.8 cm³/mol. The largest absolute Gasteiger partial charge is 0.481 e. The number of carbonyl (C=O) groups excluding carboxylic acids is 1. The van der Waals surface area contributed by atoms with Crippen LogP contribution in [0.5, 0.6) is 0 Å². The van der Waals surface area contributed by atoms with Gasteiger partial charge in [0.25, 0.3) is 5.91 Å². The van der Waals surface area contributed by atoms with Gasteiger partial charge in [-0.1, -0.05) is 23.8 Å². The highest BCUT2D eigenvalue weighted by atomic mass is 16.4. The molecule has 1 aliphatic rings. The van der Waals surface area contributed by atoms with Crippen LogP contribution < -0.4 is 0 Å². The number of aliphatic carboxylic acids is 1. The minimum atomic E-state index is -0.869. The maximum atomic E-state index is 12.6. The van der Waals surface area contributed by atoms with E-state index in [0.717, 1.165) is 16.8 Å². The summed E-state index contributed by atoms with van der Waals surface area (Å²) in [5.41, 5.74) is 3.49. The molecule has 2 heterocycles. The molecule has 1 amide bonds. The number of benzene rings is 1. The third-order valence-electron chi connectivity index (χ3n) is 4.74.